The number of hydrogen-bond donors (Lipinski definition) is 0. The third-order valence-corrected chi connectivity index (χ3v) is 28.2. The molecule has 0 fully saturated rings. The van der Waals surface area contributed by atoms with E-state index in [1.165, 1.54) is 209 Å². The van der Waals surface area contributed by atoms with Crippen molar-refractivity contribution >= 4 is 179 Å². The van der Waals surface area contributed by atoms with Gasteiger partial charge < -0.3 is 4.42 Å². The van der Waals surface area contributed by atoms with E-state index in [4.69, 9.17) is 4.42 Å². The Morgan fingerprint density at radius 2 is 0.680 bits per heavy atom. The van der Waals surface area contributed by atoms with Crippen molar-refractivity contribution < 1.29 is 4.42 Å². The summed E-state index contributed by atoms with van der Waals surface area (Å²) < 4.78 is 11.9. The molecule has 0 saturated heterocycles. The van der Waals surface area contributed by atoms with Gasteiger partial charge in [0.25, 0.3) is 0 Å². The summed E-state index contributed by atoms with van der Waals surface area (Å²) in [5.74, 6) is 0. The molecule has 4 heteroatoms. The molecule has 21 aromatic rings. The smallest absolute Gasteiger partial charge is 0.136 e. The molecule has 1 aliphatic rings. The normalized spacial score (nSPS) is 13.0. The van der Waals surface area contributed by atoms with Gasteiger partial charge >= 0.3 is 0 Å². The molecular formula is C96H58OS2Si. The van der Waals surface area contributed by atoms with Crippen LogP contribution in [0.15, 0.2) is 320 Å². The van der Waals surface area contributed by atoms with E-state index in [0.29, 0.717) is 0 Å². The summed E-state index contributed by atoms with van der Waals surface area (Å²) in [6.45, 7) is 5.09. The Bertz CT molecular complexity index is 7110. The summed E-state index contributed by atoms with van der Waals surface area (Å²) in [6.07, 6.45) is 0. The average molecular weight is 1320 g/mol. The van der Waals surface area contributed by atoms with Crippen LogP contribution in [0.5, 0.6) is 0 Å². The molecular weight excluding hydrogens is 1260 g/mol. The Hall–Kier alpha value is -11.8. The quantitative estimate of drug-likeness (QED) is 0.119. The van der Waals surface area contributed by atoms with Gasteiger partial charge in [-0.25, -0.2) is 0 Å². The first-order valence-electron chi connectivity index (χ1n) is 34.7. The Labute approximate surface area is 585 Å². The molecule has 100 heavy (non-hydrogen) atoms. The van der Waals surface area contributed by atoms with Gasteiger partial charge in [-0.3, -0.25) is 0 Å². The lowest BCUT2D eigenvalue weighted by Gasteiger charge is -2.22. The molecule has 1 nitrogen and oxygen atoms in total. The highest BCUT2D eigenvalue weighted by Gasteiger charge is 2.39. The van der Waals surface area contributed by atoms with Crippen molar-refractivity contribution in [3.05, 3.63) is 315 Å². The Morgan fingerprint density at radius 3 is 1.37 bits per heavy atom. The van der Waals surface area contributed by atoms with E-state index in [1.54, 1.807) is 0 Å². The number of para-hydroxylation sites is 1. The second-order valence-electron chi connectivity index (χ2n) is 28.0. The zero-order chi connectivity index (χ0) is 65.6. The van der Waals surface area contributed by atoms with Crippen molar-refractivity contribution in [2.75, 3.05) is 0 Å². The summed E-state index contributed by atoms with van der Waals surface area (Å²) in [4.78, 5) is 0. The maximum Gasteiger partial charge on any atom is 0.136 e. The maximum absolute atomic E-state index is 6.74. The summed E-state index contributed by atoms with van der Waals surface area (Å²) >= 11 is 3.83. The lowest BCUT2D eigenvalue weighted by atomic mass is 9.82. The molecule has 18 aromatic carbocycles. The van der Waals surface area contributed by atoms with Crippen LogP contribution < -0.4 is 10.4 Å². The lowest BCUT2D eigenvalue weighted by molar-refractivity contribution is 0.669. The SMILES string of the molecule is C[Si]1(C)c2ccccc2-c2c1ccc1c(-c3c4ccccc4c(-c4ccc5cc(-c6ccc7c(c6)sc6cc(-c8c9ccccc9c(-c9ccccc9)c9ccccc89)c8ccc9oc%10ccccc%10c9c8c67)ccc5c4)c4cc(-c5ccccc5)ccc34)cc3sc4ccccc4c3c21. The molecule has 0 N–H and O–H groups in total. The van der Waals surface area contributed by atoms with Crippen LogP contribution in [0.1, 0.15) is 0 Å². The fourth-order valence-electron chi connectivity index (χ4n) is 18.0. The van der Waals surface area contributed by atoms with Crippen molar-refractivity contribution in [3.63, 3.8) is 0 Å². The largest absolute Gasteiger partial charge is 0.456 e. The van der Waals surface area contributed by atoms with Crippen molar-refractivity contribution in [1.82, 2.24) is 0 Å². The predicted octanol–water partition coefficient (Wildman–Crippen LogP) is 27.2. The first-order valence-corrected chi connectivity index (χ1v) is 39.3. The van der Waals surface area contributed by atoms with E-state index >= 15 is 0 Å². The highest BCUT2D eigenvalue weighted by molar-refractivity contribution is 7.26. The molecule has 0 saturated carbocycles. The van der Waals surface area contributed by atoms with Gasteiger partial charge in [0.15, 0.2) is 0 Å². The van der Waals surface area contributed by atoms with Crippen molar-refractivity contribution in [1.29, 1.82) is 0 Å². The fourth-order valence-corrected chi connectivity index (χ4v) is 23.4. The number of fused-ring (bicyclic) bond motifs is 23. The first-order chi connectivity index (χ1) is 49.4. The molecule has 0 aliphatic carbocycles. The standard InChI is InChI=1S/C96H58OS2Si/c1-100(2)85-36-20-17-33-75(85)94-86(100)48-46-71-78(53-83-92(96(71)94)73-32-16-19-35-81(73)98-83)90-68-30-14-11-27-65(68)88(76-51-60(41-43-69(76)90)55-21-5-3-6-22-55)62-40-39-57-49-58(37-38-59(57)50-62)61-42-44-74-82(52-61)99-84-54-77(70-45-47-80-91(95(70)93(74)84)72-31-15-18-34-79(72)97-80)89-66-28-12-9-25-63(66)87(56-23-7-4-8-24-56)64-26-10-13-29-67(64)89/h3-54H,1-2H3. The minimum Gasteiger partial charge on any atom is -0.456 e. The molecule has 0 atom stereocenters. The molecule has 464 valence electrons. The number of furan rings is 1. The minimum absolute atomic E-state index is 0.902. The summed E-state index contributed by atoms with van der Waals surface area (Å²) in [5.41, 5.74) is 19.5. The van der Waals surface area contributed by atoms with Gasteiger partial charge in [0.2, 0.25) is 0 Å². The van der Waals surface area contributed by atoms with Gasteiger partial charge in [0.1, 0.15) is 19.2 Å². The second-order valence-corrected chi connectivity index (χ2v) is 34.4. The van der Waals surface area contributed by atoms with Gasteiger partial charge in [-0.2, -0.15) is 0 Å². The third-order valence-electron chi connectivity index (χ3n) is 22.4. The van der Waals surface area contributed by atoms with E-state index in [0.717, 1.165) is 16.6 Å². The molecule has 1 aliphatic heterocycles. The topological polar surface area (TPSA) is 13.1 Å². The molecule has 0 amide bonds. The van der Waals surface area contributed by atoms with Crippen LogP contribution in [0.2, 0.25) is 13.1 Å². The van der Waals surface area contributed by atoms with Gasteiger partial charge in [-0.15, -0.1) is 22.7 Å². The van der Waals surface area contributed by atoms with Crippen LogP contribution in [0.25, 0.3) is 216 Å². The van der Waals surface area contributed by atoms with Crippen molar-refractivity contribution in [3.8, 4) is 77.9 Å². The van der Waals surface area contributed by atoms with Crippen LogP contribution in [0.3, 0.4) is 0 Å². The molecule has 0 unspecified atom stereocenters. The van der Waals surface area contributed by atoms with Gasteiger partial charge in [-0.05, 0) is 219 Å². The number of rotatable bonds is 6. The third kappa shape index (κ3) is 7.98. The van der Waals surface area contributed by atoms with Crippen molar-refractivity contribution in [2.24, 2.45) is 0 Å². The lowest BCUT2D eigenvalue weighted by Crippen LogP contribution is -2.49. The van der Waals surface area contributed by atoms with E-state index in [1.807, 2.05) is 22.7 Å². The molecule has 0 bridgehead atoms. The van der Waals surface area contributed by atoms with E-state index < -0.39 is 8.07 Å². The minimum atomic E-state index is -2.01. The van der Waals surface area contributed by atoms with Crippen LogP contribution in [-0.4, -0.2) is 8.07 Å². The average Bonchev–Trinajstić information content (AvgIpc) is 1.52. The second kappa shape index (κ2) is 21.1. The van der Waals surface area contributed by atoms with Crippen LogP contribution in [0, 0.1) is 0 Å². The number of hydrogen-bond acceptors (Lipinski definition) is 3. The van der Waals surface area contributed by atoms with Crippen molar-refractivity contribution in [2.45, 2.75) is 13.1 Å². The van der Waals surface area contributed by atoms with Crippen LogP contribution in [0.4, 0.5) is 0 Å². The maximum atomic E-state index is 6.74. The van der Waals surface area contributed by atoms with Crippen LogP contribution >= 0.6 is 22.7 Å². The summed E-state index contributed by atoms with van der Waals surface area (Å²) in [6, 6.07) is 119. The monoisotopic (exact) mass is 1320 g/mol. The highest BCUT2D eigenvalue weighted by Crippen LogP contribution is 2.55. The molecule has 22 rings (SSSR count). The summed E-state index contributed by atoms with van der Waals surface area (Å²) in [7, 11) is -2.01. The van der Waals surface area contributed by atoms with E-state index in [-0.39, 0.29) is 0 Å². The Kier molecular flexibility index (Phi) is 11.9. The Balaban J connectivity index is 0.725. The molecule has 0 spiro atoms. The molecule has 0 radical (unpaired) electrons. The van der Waals surface area contributed by atoms with Crippen LogP contribution in [-0.2, 0) is 0 Å². The van der Waals surface area contributed by atoms with E-state index in [9.17, 15) is 0 Å². The predicted molar refractivity (Wildman–Crippen MR) is 437 cm³/mol. The van der Waals surface area contributed by atoms with E-state index in [2.05, 4.69) is 329 Å². The van der Waals surface area contributed by atoms with Gasteiger partial charge in [-0.1, -0.05) is 268 Å². The number of thiophene rings is 2. The zero-order valence-corrected chi connectivity index (χ0v) is 57.4. The highest BCUT2D eigenvalue weighted by atomic mass is 32.1. The molecule has 4 heterocycles. The zero-order valence-electron chi connectivity index (χ0n) is 54.7. The first kappa shape index (κ1) is 56.3. The van der Waals surface area contributed by atoms with Gasteiger partial charge in [0, 0.05) is 56.5 Å². The number of benzene rings is 18. The molecule has 3 aromatic heterocycles. The van der Waals surface area contributed by atoms with Gasteiger partial charge in [0.05, 0.1) is 0 Å². The summed E-state index contributed by atoms with van der Waals surface area (Å²) in [5, 5.41) is 28.2. The Morgan fingerprint density at radius 1 is 0.220 bits per heavy atom. The fraction of sp³-hybridized carbons (Fsp3) is 0.0208.